The first kappa shape index (κ1) is 16.1. The predicted molar refractivity (Wildman–Crippen MR) is 124 cm³/mol. The topological polar surface area (TPSA) is 88.2 Å². The Morgan fingerprint density at radius 2 is 2.06 bits per heavy atom. The Balaban J connectivity index is 1.43. The van der Waals surface area contributed by atoms with E-state index in [2.05, 4.69) is 11.9 Å². The van der Waals surface area contributed by atoms with Gasteiger partial charge in [-0.05, 0) is 36.1 Å². The van der Waals surface area contributed by atoms with Gasteiger partial charge in [0.2, 0.25) is 11.8 Å². The Kier molecular flexibility index (Phi) is 4.39. The van der Waals surface area contributed by atoms with Gasteiger partial charge in [-0.1, -0.05) is 36.8 Å². The van der Waals surface area contributed by atoms with Gasteiger partial charge in [-0.15, -0.1) is 0 Å². The van der Waals surface area contributed by atoms with Gasteiger partial charge in [0.05, 0.1) is 21.4 Å². The first-order valence-corrected chi connectivity index (χ1v) is 10.9. The smallest absolute Gasteiger partial charge is 0.255 e. The number of hydrogen-bond donors (Lipinski definition) is 1. The monoisotopic (exact) mass is 467 g/mol. The summed E-state index contributed by atoms with van der Waals surface area (Å²) < 4.78 is 61.9. The number of benzene rings is 2. The third-order valence-electron chi connectivity index (χ3n) is 5.94. The molecule has 1 N–H and O–H groups in total. The van der Waals surface area contributed by atoms with Crippen LogP contribution in [0.15, 0.2) is 54.7 Å². The van der Waals surface area contributed by atoms with E-state index in [1.54, 1.807) is 6.07 Å². The van der Waals surface area contributed by atoms with Gasteiger partial charge in [-0.2, -0.15) is 0 Å². The third kappa shape index (κ3) is 4.41. The van der Waals surface area contributed by atoms with Crippen LogP contribution >= 0.6 is 0 Å². The van der Waals surface area contributed by atoms with Gasteiger partial charge in [0, 0.05) is 29.9 Å². The molecule has 0 radical (unpaired) electrons. The van der Waals surface area contributed by atoms with Crippen LogP contribution in [0.2, 0.25) is 0 Å². The van der Waals surface area contributed by atoms with Crippen molar-refractivity contribution in [2.45, 2.75) is 38.5 Å². The van der Waals surface area contributed by atoms with Crippen LogP contribution in [-0.2, 0) is 34.0 Å². The second-order valence-corrected chi connectivity index (χ2v) is 8.20. The van der Waals surface area contributed by atoms with E-state index < -0.39 is 54.6 Å². The molecule has 3 heterocycles. The number of piperidine rings is 1. The fourth-order valence-electron chi connectivity index (χ4n) is 4.15. The van der Waals surface area contributed by atoms with Gasteiger partial charge in [-0.3, -0.25) is 14.4 Å². The number of nitrogens with zero attached hydrogens (tertiary/aromatic N) is 2. The number of carbonyl (C=O) groups is 3. The number of morpholine rings is 1. The summed E-state index contributed by atoms with van der Waals surface area (Å²) in [7, 11) is 0. The Morgan fingerprint density at radius 1 is 1.21 bits per heavy atom. The molecule has 0 saturated carbocycles. The number of rotatable bonds is 6. The summed E-state index contributed by atoms with van der Waals surface area (Å²) in [5.74, 6) is -1.19. The lowest BCUT2D eigenvalue weighted by atomic mass is 10.0. The van der Waals surface area contributed by atoms with Crippen LogP contribution in [0.5, 0.6) is 5.75 Å². The molecule has 0 bridgehead atoms. The van der Waals surface area contributed by atoms with E-state index in [-0.39, 0.29) is 49.1 Å². The van der Waals surface area contributed by atoms with Crippen LogP contribution in [0, 0.1) is 0 Å². The lowest BCUT2D eigenvalue weighted by molar-refractivity contribution is -0.143. The molecule has 0 aromatic heterocycles. The fraction of sp³-hybridized carbons (Fsp3) is 0.346. The van der Waals surface area contributed by atoms with Gasteiger partial charge >= 0.3 is 0 Å². The number of allylic oxidation sites excluding steroid dienone is 1. The van der Waals surface area contributed by atoms with E-state index in [4.69, 9.17) is 17.7 Å². The zero-order valence-electron chi connectivity index (χ0n) is 24.3. The Bertz CT molecular complexity index is 1430. The van der Waals surface area contributed by atoms with Crippen LogP contribution in [-0.4, -0.2) is 53.3 Å². The molecule has 2 aromatic carbocycles. The summed E-state index contributed by atoms with van der Waals surface area (Å²) in [6.07, 6.45) is 0.919. The minimum absolute atomic E-state index is 0.00315. The molecule has 2 unspecified atom stereocenters. The molecular weight excluding hydrogens is 434 g/mol. The summed E-state index contributed by atoms with van der Waals surface area (Å²) in [4.78, 5) is 40.5. The van der Waals surface area contributed by atoms with E-state index in [1.165, 1.54) is 21.9 Å². The highest BCUT2D eigenvalue weighted by atomic mass is 16.5. The Labute approximate surface area is 206 Å². The van der Waals surface area contributed by atoms with Gasteiger partial charge in [0.1, 0.15) is 25.0 Å². The van der Waals surface area contributed by atoms with Gasteiger partial charge in [0.25, 0.3) is 5.91 Å². The van der Waals surface area contributed by atoms with Gasteiger partial charge in [0.15, 0.2) is 0 Å². The van der Waals surface area contributed by atoms with Crippen LogP contribution in [0.1, 0.15) is 48.1 Å². The van der Waals surface area contributed by atoms with Crippen LogP contribution in [0.3, 0.4) is 0 Å². The average Bonchev–Trinajstić information content (AvgIpc) is 3.23. The zero-order valence-corrected chi connectivity index (χ0v) is 18.3. The van der Waals surface area contributed by atoms with E-state index in [1.807, 2.05) is 0 Å². The van der Waals surface area contributed by atoms with Crippen molar-refractivity contribution in [2.24, 2.45) is 0 Å². The summed E-state index contributed by atoms with van der Waals surface area (Å²) in [5, 5.41) is 2.66. The highest BCUT2D eigenvalue weighted by molar-refractivity contribution is 6.02. The summed E-state index contributed by atoms with van der Waals surface area (Å²) in [5.41, 5.74) is 0.594. The van der Waals surface area contributed by atoms with E-state index in [9.17, 15) is 14.4 Å². The zero-order chi connectivity index (χ0) is 28.9. The van der Waals surface area contributed by atoms with Crippen molar-refractivity contribution < 1.29 is 32.1 Å². The molecule has 0 spiro atoms. The molecule has 5 rings (SSSR count). The average molecular weight is 468 g/mol. The first-order chi connectivity index (χ1) is 18.9. The first-order valence-electron chi connectivity index (χ1n) is 14.0. The molecule has 34 heavy (non-hydrogen) atoms. The lowest BCUT2D eigenvalue weighted by Gasteiger charge is -2.31. The molecule has 0 aliphatic carbocycles. The summed E-state index contributed by atoms with van der Waals surface area (Å²) in [6.45, 7) is -0.241. The standard InChI is InChI=1S/C26H27N3O5/c1-17-5-10-22(25(31)27-17)29-14-21-20(26(29)32)3-2-4-23(21)34-15-19-8-6-18(7-9-19)13-28-11-12-33-16-24(28)30/h2-4,6-9,22H,1,5,10-16H2,(H,27,31)/i6D,8D,9D,13D,15D2. The molecule has 8 nitrogen and oxygen atoms in total. The quantitative estimate of drug-likeness (QED) is 0.705. The number of ether oxygens (including phenoxy) is 2. The van der Waals surface area contributed by atoms with Crippen molar-refractivity contribution in [1.29, 1.82) is 0 Å². The van der Waals surface area contributed by atoms with Gasteiger partial charge < -0.3 is 24.6 Å². The minimum Gasteiger partial charge on any atom is -0.489 e. The van der Waals surface area contributed by atoms with Crippen LogP contribution in [0.4, 0.5) is 0 Å². The van der Waals surface area contributed by atoms with Crippen molar-refractivity contribution in [1.82, 2.24) is 15.1 Å². The van der Waals surface area contributed by atoms with Crippen molar-refractivity contribution in [3.05, 3.63) is 76.9 Å². The fourth-order valence-corrected chi connectivity index (χ4v) is 4.15. The molecule has 3 amide bonds. The summed E-state index contributed by atoms with van der Waals surface area (Å²) in [6, 6.07) is 3.31. The van der Waals surface area contributed by atoms with Crippen molar-refractivity contribution in [3.8, 4) is 5.75 Å². The SMILES string of the molecule is [2H]c1cc(C([2H])N2CCOCC2=O)c([2H])c([2H])c1C([2H])([2H])Oc1cccc2c1CN(C1CCC(=C)NC1=O)C2=O. The minimum atomic E-state index is -2.76. The highest BCUT2D eigenvalue weighted by Crippen LogP contribution is 2.34. The van der Waals surface area contributed by atoms with Gasteiger partial charge in [-0.25, -0.2) is 0 Å². The van der Waals surface area contributed by atoms with E-state index in [0.29, 0.717) is 24.1 Å². The number of amides is 3. The molecule has 2 aromatic rings. The summed E-state index contributed by atoms with van der Waals surface area (Å²) >= 11 is 0. The number of carbonyl (C=O) groups excluding carboxylic acids is 3. The van der Waals surface area contributed by atoms with E-state index in [0.717, 1.165) is 6.07 Å². The molecule has 2 fully saturated rings. The second kappa shape index (κ2) is 9.30. The van der Waals surface area contributed by atoms with Crippen LogP contribution in [0.25, 0.3) is 0 Å². The Morgan fingerprint density at radius 3 is 2.88 bits per heavy atom. The highest BCUT2D eigenvalue weighted by Gasteiger charge is 2.39. The predicted octanol–water partition coefficient (Wildman–Crippen LogP) is 2.37. The normalized spacial score (nSPS) is 24.3. The van der Waals surface area contributed by atoms with Crippen molar-refractivity contribution >= 4 is 17.7 Å². The maximum atomic E-state index is 13.2. The lowest BCUT2D eigenvalue weighted by Crippen LogP contribution is -2.49. The van der Waals surface area contributed by atoms with E-state index >= 15 is 0 Å². The molecule has 3 aliphatic heterocycles. The maximum absolute atomic E-state index is 13.2. The number of hydrogen-bond acceptors (Lipinski definition) is 5. The molecule has 2 atom stereocenters. The molecule has 3 aliphatic rings. The molecule has 8 heteroatoms. The molecule has 176 valence electrons. The molecule has 2 saturated heterocycles. The number of nitrogens with one attached hydrogen (secondary N) is 1. The maximum Gasteiger partial charge on any atom is 0.255 e. The number of fused-ring (bicyclic) bond motifs is 1. The van der Waals surface area contributed by atoms with Crippen molar-refractivity contribution in [3.63, 3.8) is 0 Å². The van der Waals surface area contributed by atoms with Crippen LogP contribution < -0.4 is 10.1 Å². The third-order valence-corrected chi connectivity index (χ3v) is 5.94. The molecular formula is C26H27N3O5. The largest absolute Gasteiger partial charge is 0.489 e. The van der Waals surface area contributed by atoms with Crippen molar-refractivity contribution in [2.75, 3.05) is 19.8 Å². The second-order valence-electron chi connectivity index (χ2n) is 8.20. The Hall–Kier alpha value is -3.65.